The first-order chi connectivity index (χ1) is 18.0. The average Bonchev–Trinajstić information content (AvgIpc) is 2.91. The van der Waals surface area contributed by atoms with E-state index in [0.717, 1.165) is 16.3 Å². The minimum Gasteiger partial charge on any atom is -0.352 e. The molecule has 0 fully saturated rings. The Labute approximate surface area is 230 Å². The van der Waals surface area contributed by atoms with Gasteiger partial charge in [-0.15, -0.1) is 0 Å². The summed E-state index contributed by atoms with van der Waals surface area (Å²) in [5.41, 5.74) is 1.85. The summed E-state index contributed by atoms with van der Waals surface area (Å²) >= 11 is 6.39. The highest BCUT2D eigenvalue weighted by Crippen LogP contribution is 2.26. The Morgan fingerprint density at radius 1 is 0.947 bits per heavy atom. The molecule has 0 bridgehead atoms. The highest BCUT2D eigenvalue weighted by Gasteiger charge is 2.33. The van der Waals surface area contributed by atoms with Gasteiger partial charge in [0.15, 0.2) is 0 Å². The lowest BCUT2D eigenvalue weighted by Crippen LogP contribution is -2.52. The highest BCUT2D eigenvalue weighted by molar-refractivity contribution is 7.92. The first kappa shape index (κ1) is 29.2. The van der Waals surface area contributed by atoms with E-state index in [-0.39, 0.29) is 23.4 Å². The largest absolute Gasteiger partial charge is 0.352 e. The van der Waals surface area contributed by atoms with Crippen molar-refractivity contribution >= 4 is 39.1 Å². The van der Waals surface area contributed by atoms with Crippen molar-refractivity contribution in [3.05, 3.63) is 95.0 Å². The van der Waals surface area contributed by atoms with Gasteiger partial charge in [0.2, 0.25) is 11.8 Å². The van der Waals surface area contributed by atoms with E-state index in [1.54, 1.807) is 67.6 Å². The topological polar surface area (TPSA) is 86.8 Å². The van der Waals surface area contributed by atoms with Crippen LogP contribution in [0.2, 0.25) is 5.02 Å². The molecule has 0 saturated heterocycles. The van der Waals surface area contributed by atoms with E-state index < -0.39 is 28.5 Å². The molecule has 3 aromatic carbocycles. The standard InChI is InChI=1S/C29H34ClN3O4S/c1-5-22(3)31-29(35)23(4)32(19-24-13-9-10-17-27(24)30)28(34)20-33(25-14-11-12-21(2)18-25)38(36,37)26-15-7-6-8-16-26/h6-18,22-23H,5,19-20H2,1-4H3,(H,31,35)/t22-,23-/m1/s1. The van der Waals surface area contributed by atoms with Crippen LogP contribution < -0.4 is 9.62 Å². The molecule has 0 aromatic heterocycles. The first-order valence-corrected chi connectivity index (χ1v) is 14.3. The number of nitrogens with one attached hydrogen (secondary N) is 1. The summed E-state index contributed by atoms with van der Waals surface area (Å²) < 4.78 is 28.6. The zero-order chi connectivity index (χ0) is 27.9. The second-order valence-electron chi connectivity index (χ2n) is 9.27. The molecular formula is C29H34ClN3O4S. The monoisotopic (exact) mass is 555 g/mol. The molecule has 0 heterocycles. The maximum Gasteiger partial charge on any atom is 0.264 e. The van der Waals surface area contributed by atoms with Crippen molar-refractivity contribution in [2.75, 3.05) is 10.8 Å². The van der Waals surface area contributed by atoms with Crippen molar-refractivity contribution in [1.82, 2.24) is 10.2 Å². The second-order valence-corrected chi connectivity index (χ2v) is 11.5. The van der Waals surface area contributed by atoms with E-state index in [1.165, 1.54) is 17.0 Å². The van der Waals surface area contributed by atoms with Gasteiger partial charge in [0.05, 0.1) is 10.6 Å². The van der Waals surface area contributed by atoms with Crippen LogP contribution in [0.1, 0.15) is 38.3 Å². The molecule has 9 heteroatoms. The van der Waals surface area contributed by atoms with E-state index in [9.17, 15) is 18.0 Å². The van der Waals surface area contributed by atoms with Gasteiger partial charge in [0.25, 0.3) is 10.0 Å². The molecule has 0 aliphatic carbocycles. The number of halogens is 1. The number of carbonyl (C=O) groups excluding carboxylic acids is 2. The van der Waals surface area contributed by atoms with Gasteiger partial charge in [-0.3, -0.25) is 13.9 Å². The molecule has 202 valence electrons. The molecule has 0 unspecified atom stereocenters. The maximum atomic E-state index is 13.9. The van der Waals surface area contributed by atoms with Crippen LogP contribution in [0.4, 0.5) is 5.69 Å². The van der Waals surface area contributed by atoms with Gasteiger partial charge < -0.3 is 10.2 Å². The van der Waals surface area contributed by atoms with Gasteiger partial charge in [-0.25, -0.2) is 8.42 Å². The normalized spacial score (nSPS) is 12.9. The number of benzene rings is 3. The van der Waals surface area contributed by atoms with E-state index in [1.807, 2.05) is 26.8 Å². The number of nitrogens with zero attached hydrogens (tertiary/aromatic N) is 2. The van der Waals surface area contributed by atoms with Crippen LogP contribution >= 0.6 is 11.6 Å². The summed E-state index contributed by atoms with van der Waals surface area (Å²) in [6.45, 7) is 6.87. The lowest BCUT2D eigenvalue weighted by Gasteiger charge is -2.32. The van der Waals surface area contributed by atoms with Gasteiger partial charge in [-0.1, -0.05) is 67.1 Å². The van der Waals surface area contributed by atoms with Crippen LogP contribution in [0.15, 0.2) is 83.8 Å². The summed E-state index contributed by atoms with van der Waals surface area (Å²) in [6, 6.07) is 21.1. The molecule has 2 atom stereocenters. The van der Waals surface area contributed by atoms with E-state index in [4.69, 9.17) is 11.6 Å². The van der Waals surface area contributed by atoms with Crippen molar-refractivity contribution in [3.8, 4) is 0 Å². The molecule has 0 radical (unpaired) electrons. The molecule has 3 aromatic rings. The maximum absolute atomic E-state index is 13.9. The van der Waals surface area contributed by atoms with Crippen LogP contribution in [-0.4, -0.2) is 43.8 Å². The van der Waals surface area contributed by atoms with Crippen molar-refractivity contribution < 1.29 is 18.0 Å². The molecule has 3 rings (SSSR count). The fourth-order valence-electron chi connectivity index (χ4n) is 3.89. The van der Waals surface area contributed by atoms with Crippen molar-refractivity contribution in [2.45, 2.75) is 57.6 Å². The quantitative estimate of drug-likeness (QED) is 0.353. The Morgan fingerprint density at radius 2 is 1.61 bits per heavy atom. The van der Waals surface area contributed by atoms with Crippen LogP contribution in [0.5, 0.6) is 0 Å². The number of sulfonamides is 1. The Balaban J connectivity index is 2.03. The first-order valence-electron chi connectivity index (χ1n) is 12.5. The Bertz CT molecular complexity index is 1370. The lowest BCUT2D eigenvalue weighted by atomic mass is 10.1. The van der Waals surface area contributed by atoms with Gasteiger partial charge >= 0.3 is 0 Å². The number of hydrogen-bond donors (Lipinski definition) is 1. The zero-order valence-electron chi connectivity index (χ0n) is 22.1. The van der Waals surface area contributed by atoms with Crippen LogP contribution in [0.3, 0.4) is 0 Å². The number of hydrogen-bond acceptors (Lipinski definition) is 4. The third-order valence-electron chi connectivity index (χ3n) is 6.37. The van der Waals surface area contributed by atoms with Crippen molar-refractivity contribution in [2.24, 2.45) is 0 Å². The van der Waals surface area contributed by atoms with Gasteiger partial charge in [-0.2, -0.15) is 0 Å². The summed E-state index contributed by atoms with van der Waals surface area (Å²) in [5, 5.41) is 3.37. The van der Waals surface area contributed by atoms with Crippen LogP contribution in [0, 0.1) is 6.92 Å². The molecule has 1 N–H and O–H groups in total. The number of amides is 2. The average molecular weight is 556 g/mol. The molecule has 0 saturated carbocycles. The number of carbonyl (C=O) groups is 2. The third kappa shape index (κ3) is 7.14. The number of rotatable bonds is 11. The minimum absolute atomic E-state index is 0.0423. The van der Waals surface area contributed by atoms with Crippen molar-refractivity contribution in [3.63, 3.8) is 0 Å². The number of aryl methyl sites for hydroxylation is 1. The third-order valence-corrected chi connectivity index (χ3v) is 8.52. The molecule has 7 nitrogen and oxygen atoms in total. The Hall–Kier alpha value is -3.36. The predicted molar refractivity (Wildman–Crippen MR) is 152 cm³/mol. The molecule has 38 heavy (non-hydrogen) atoms. The molecular weight excluding hydrogens is 522 g/mol. The van der Waals surface area contributed by atoms with Gasteiger partial charge in [0, 0.05) is 17.6 Å². The Kier molecular flexibility index (Phi) is 9.94. The summed E-state index contributed by atoms with van der Waals surface area (Å²) in [4.78, 5) is 28.4. The molecule has 2 amide bonds. The summed E-state index contributed by atoms with van der Waals surface area (Å²) in [7, 11) is -4.09. The summed E-state index contributed by atoms with van der Waals surface area (Å²) in [5.74, 6) is -0.856. The van der Waals surface area contributed by atoms with Crippen molar-refractivity contribution in [1.29, 1.82) is 0 Å². The predicted octanol–water partition coefficient (Wildman–Crippen LogP) is 5.18. The lowest BCUT2D eigenvalue weighted by molar-refractivity contribution is -0.139. The van der Waals surface area contributed by atoms with E-state index in [2.05, 4.69) is 5.32 Å². The highest BCUT2D eigenvalue weighted by atomic mass is 35.5. The SMILES string of the molecule is CC[C@@H](C)NC(=O)[C@@H](C)N(Cc1ccccc1Cl)C(=O)CN(c1cccc(C)c1)S(=O)(=O)c1ccccc1. The van der Waals surface area contributed by atoms with Gasteiger partial charge in [-0.05, 0) is 68.7 Å². The van der Waals surface area contributed by atoms with E-state index >= 15 is 0 Å². The second kappa shape index (κ2) is 12.9. The Morgan fingerprint density at radius 3 is 2.24 bits per heavy atom. The van der Waals surface area contributed by atoms with E-state index in [0.29, 0.717) is 16.3 Å². The van der Waals surface area contributed by atoms with Gasteiger partial charge in [0.1, 0.15) is 12.6 Å². The zero-order valence-corrected chi connectivity index (χ0v) is 23.7. The van der Waals surface area contributed by atoms with Crippen LogP contribution in [0.25, 0.3) is 0 Å². The number of anilines is 1. The fraction of sp³-hybridized carbons (Fsp3) is 0.310. The summed E-state index contributed by atoms with van der Waals surface area (Å²) in [6.07, 6.45) is 0.730. The smallest absolute Gasteiger partial charge is 0.264 e. The molecule has 0 spiro atoms. The molecule has 0 aliphatic rings. The van der Waals surface area contributed by atoms with Crippen LogP contribution in [-0.2, 0) is 26.2 Å². The molecule has 0 aliphatic heterocycles. The fourth-order valence-corrected chi connectivity index (χ4v) is 5.51. The minimum atomic E-state index is -4.09.